The topological polar surface area (TPSA) is 69.7 Å². The minimum absolute atomic E-state index is 0.0591. The maximum atomic E-state index is 12.8. The predicted molar refractivity (Wildman–Crippen MR) is 120 cm³/mol. The lowest BCUT2D eigenvalue weighted by molar-refractivity contribution is -0.122. The number of nitrogens with one attached hydrogen (secondary N) is 1. The van der Waals surface area contributed by atoms with E-state index in [1.165, 1.54) is 0 Å². The summed E-state index contributed by atoms with van der Waals surface area (Å²) in [5.41, 5.74) is 2.02. The molecule has 4 rings (SSSR count). The average molecular weight is 444 g/mol. The lowest BCUT2D eigenvalue weighted by atomic mass is 10.1. The smallest absolute Gasteiger partial charge is 0.229 e. The Balaban J connectivity index is 1.43. The normalized spacial score (nSPS) is 18.9. The molecular formula is C22H22ClN3O3S. The van der Waals surface area contributed by atoms with E-state index in [1.807, 2.05) is 30.5 Å². The monoisotopic (exact) mass is 443 g/mol. The number of halogens is 1. The summed E-state index contributed by atoms with van der Waals surface area (Å²) < 4.78 is 0. The molecule has 0 aliphatic carbocycles. The van der Waals surface area contributed by atoms with Crippen molar-refractivity contribution in [3.8, 4) is 0 Å². The highest BCUT2D eigenvalue weighted by atomic mass is 35.5. The molecule has 30 heavy (non-hydrogen) atoms. The van der Waals surface area contributed by atoms with Gasteiger partial charge in [0.15, 0.2) is 0 Å². The van der Waals surface area contributed by atoms with Crippen LogP contribution in [0.5, 0.6) is 0 Å². The zero-order valence-electron chi connectivity index (χ0n) is 16.6. The Kier molecular flexibility index (Phi) is 6.01. The molecule has 0 aromatic heterocycles. The minimum atomic E-state index is -0.436. The van der Waals surface area contributed by atoms with Gasteiger partial charge in [0.25, 0.3) is 0 Å². The van der Waals surface area contributed by atoms with E-state index in [1.54, 1.807) is 39.8 Å². The summed E-state index contributed by atoms with van der Waals surface area (Å²) in [6.45, 7) is 0.999. The van der Waals surface area contributed by atoms with E-state index in [0.717, 1.165) is 17.0 Å². The van der Waals surface area contributed by atoms with Gasteiger partial charge < -0.3 is 15.1 Å². The number of hydrogen-bond acceptors (Lipinski definition) is 4. The van der Waals surface area contributed by atoms with Gasteiger partial charge in [-0.15, -0.1) is 11.8 Å². The summed E-state index contributed by atoms with van der Waals surface area (Å²) in [5, 5.41) is 3.28. The molecule has 8 heteroatoms. The molecule has 2 aromatic rings. The first kappa shape index (κ1) is 20.8. The van der Waals surface area contributed by atoms with Gasteiger partial charge in [-0.05, 0) is 49.1 Å². The highest BCUT2D eigenvalue weighted by molar-refractivity contribution is 7.98. The minimum Gasteiger partial charge on any atom is -0.326 e. The van der Waals surface area contributed by atoms with Gasteiger partial charge in [0.2, 0.25) is 17.7 Å². The fraction of sp³-hybridized carbons (Fsp3) is 0.318. The van der Waals surface area contributed by atoms with Gasteiger partial charge in [-0.3, -0.25) is 14.4 Å². The second-order valence-electron chi connectivity index (χ2n) is 7.41. The molecule has 1 N–H and O–H groups in total. The number of carbonyl (C=O) groups is 3. The van der Waals surface area contributed by atoms with Crippen LogP contribution < -0.4 is 15.1 Å². The summed E-state index contributed by atoms with van der Waals surface area (Å²) in [4.78, 5) is 41.6. The Morgan fingerprint density at radius 3 is 2.67 bits per heavy atom. The Morgan fingerprint density at radius 1 is 1.13 bits per heavy atom. The van der Waals surface area contributed by atoms with Crippen molar-refractivity contribution in [3.05, 3.63) is 47.5 Å². The lowest BCUT2D eigenvalue weighted by Crippen LogP contribution is -2.28. The van der Waals surface area contributed by atoms with Gasteiger partial charge in [0.05, 0.1) is 16.6 Å². The van der Waals surface area contributed by atoms with Gasteiger partial charge in [-0.2, -0.15) is 0 Å². The van der Waals surface area contributed by atoms with Crippen molar-refractivity contribution in [3.63, 3.8) is 0 Å². The van der Waals surface area contributed by atoms with E-state index < -0.39 is 5.92 Å². The Morgan fingerprint density at radius 2 is 1.97 bits per heavy atom. The molecule has 0 bridgehead atoms. The van der Waals surface area contributed by atoms with Gasteiger partial charge in [0.1, 0.15) is 0 Å². The molecule has 0 radical (unpaired) electrons. The Hall–Kier alpha value is -2.51. The predicted octanol–water partition coefficient (Wildman–Crippen LogP) is 4.18. The van der Waals surface area contributed by atoms with Crippen LogP contribution in [-0.4, -0.2) is 37.1 Å². The van der Waals surface area contributed by atoms with Gasteiger partial charge in [0, 0.05) is 42.2 Å². The molecular weight excluding hydrogens is 422 g/mol. The highest BCUT2D eigenvalue weighted by Crippen LogP contribution is 2.33. The first-order valence-corrected chi connectivity index (χ1v) is 11.4. The number of amides is 3. The van der Waals surface area contributed by atoms with Crippen LogP contribution in [0.3, 0.4) is 0 Å². The molecule has 2 aromatic carbocycles. The third-order valence-electron chi connectivity index (χ3n) is 5.44. The molecule has 6 nitrogen and oxygen atoms in total. The molecule has 0 saturated carbocycles. The molecule has 2 fully saturated rings. The number of hydrogen-bond donors (Lipinski definition) is 1. The number of thioether (sulfide) groups is 1. The molecule has 2 aliphatic heterocycles. The number of carbonyl (C=O) groups excluding carboxylic acids is 3. The van der Waals surface area contributed by atoms with Crippen LogP contribution in [0.1, 0.15) is 19.3 Å². The standard InChI is InChI=1S/C22H22ClN3O3S/c1-30-17-5-2-4-16(12-17)26-13-14(10-21(26)28)22(29)24-15-7-8-19(18(23)11-15)25-9-3-6-20(25)27/h2,4-5,7-8,11-12,14H,3,6,9-10,13H2,1H3,(H,24,29)/t14-/m0/s1. The van der Waals surface area contributed by atoms with E-state index in [4.69, 9.17) is 11.6 Å². The SMILES string of the molecule is CSc1cccc(N2C[C@@H](C(=O)Nc3ccc(N4CCCC4=O)c(Cl)c3)CC2=O)c1. The fourth-order valence-corrected chi connectivity index (χ4v) is 4.60. The Bertz CT molecular complexity index is 1010. The molecule has 156 valence electrons. The first-order chi connectivity index (χ1) is 14.5. The third-order valence-corrected chi connectivity index (χ3v) is 6.47. The second kappa shape index (κ2) is 8.70. The number of rotatable bonds is 5. The van der Waals surface area contributed by atoms with Crippen LogP contribution in [-0.2, 0) is 14.4 Å². The van der Waals surface area contributed by atoms with E-state index in [2.05, 4.69) is 5.32 Å². The summed E-state index contributed by atoms with van der Waals surface area (Å²) >= 11 is 7.97. The van der Waals surface area contributed by atoms with Crippen LogP contribution in [0.2, 0.25) is 5.02 Å². The van der Waals surface area contributed by atoms with E-state index in [0.29, 0.717) is 35.9 Å². The molecule has 2 aliphatic rings. The van der Waals surface area contributed by atoms with Crippen molar-refractivity contribution in [1.29, 1.82) is 0 Å². The van der Waals surface area contributed by atoms with Crippen molar-refractivity contribution in [2.24, 2.45) is 5.92 Å². The molecule has 3 amide bonds. The number of benzene rings is 2. The van der Waals surface area contributed by atoms with Crippen LogP contribution in [0.15, 0.2) is 47.4 Å². The molecule has 0 spiro atoms. The zero-order chi connectivity index (χ0) is 21.3. The summed E-state index contributed by atoms with van der Waals surface area (Å²) in [6, 6.07) is 12.9. The number of nitrogens with zero attached hydrogens (tertiary/aromatic N) is 2. The average Bonchev–Trinajstić information content (AvgIpc) is 3.34. The first-order valence-electron chi connectivity index (χ1n) is 9.81. The summed E-state index contributed by atoms with van der Waals surface area (Å²) in [5.74, 6) is -0.653. The highest BCUT2D eigenvalue weighted by Gasteiger charge is 2.35. The largest absolute Gasteiger partial charge is 0.326 e. The van der Waals surface area contributed by atoms with Crippen molar-refractivity contribution in [2.75, 3.05) is 34.5 Å². The van der Waals surface area contributed by atoms with Crippen LogP contribution in [0.25, 0.3) is 0 Å². The zero-order valence-corrected chi connectivity index (χ0v) is 18.1. The molecule has 2 heterocycles. The fourth-order valence-electron chi connectivity index (χ4n) is 3.86. The van der Waals surface area contributed by atoms with Crippen LogP contribution >= 0.6 is 23.4 Å². The second-order valence-corrected chi connectivity index (χ2v) is 8.70. The quantitative estimate of drug-likeness (QED) is 0.704. The number of anilines is 3. The summed E-state index contributed by atoms with van der Waals surface area (Å²) in [6.07, 6.45) is 3.50. The van der Waals surface area contributed by atoms with Crippen molar-refractivity contribution in [2.45, 2.75) is 24.2 Å². The van der Waals surface area contributed by atoms with Gasteiger partial charge in [-0.25, -0.2) is 0 Å². The van der Waals surface area contributed by atoms with Gasteiger partial charge in [-0.1, -0.05) is 17.7 Å². The maximum absolute atomic E-state index is 12.8. The van der Waals surface area contributed by atoms with E-state index >= 15 is 0 Å². The Labute approximate surface area is 184 Å². The molecule has 2 saturated heterocycles. The van der Waals surface area contributed by atoms with E-state index in [9.17, 15) is 14.4 Å². The summed E-state index contributed by atoms with van der Waals surface area (Å²) in [7, 11) is 0. The van der Waals surface area contributed by atoms with E-state index in [-0.39, 0.29) is 24.1 Å². The van der Waals surface area contributed by atoms with Crippen molar-refractivity contribution >= 4 is 58.1 Å². The van der Waals surface area contributed by atoms with Crippen molar-refractivity contribution < 1.29 is 14.4 Å². The third kappa shape index (κ3) is 4.18. The molecule has 0 unspecified atom stereocenters. The lowest BCUT2D eigenvalue weighted by Gasteiger charge is -2.19. The van der Waals surface area contributed by atoms with Crippen molar-refractivity contribution in [1.82, 2.24) is 0 Å². The molecule has 1 atom stereocenters. The van der Waals surface area contributed by atoms with Crippen LogP contribution in [0, 0.1) is 5.92 Å². The maximum Gasteiger partial charge on any atom is 0.229 e. The van der Waals surface area contributed by atoms with Gasteiger partial charge >= 0.3 is 0 Å². The van der Waals surface area contributed by atoms with Crippen LogP contribution in [0.4, 0.5) is 17.1 Å².